The van der Waals surface area contributed by atoms with Crippen molar-refractivity contribution in [3.63, 3.8) is 0 Å². The molecule has 1 amide bonds. The van der Waals surface area contributed by atoms with Crippen LogP contribution >= 0.6 is 11.8 Å². The minimum atomic E-state index is -0.881. The largest absolute Gasteiger partial charge is 0.465 e. The number of thioether (sulfide) groups is 1. The molecule has 0 spiro atoms. The molecule has 0 aromatic rings. The SMILES string of the molecule is CC(=O)SC1CCCN(C(=O)O)C1. The zero-order valence-corrected chi connectivity index (χ0v) is 8.34. The molecule has 1 aliphatic heterocycles. The van der Waals surface area contributed by atoms with Gasteiger partial charge >= 0.3 is 6.09 Å². The van der Waals surface area contributed by atoms with Crippen molar-refractivity contribution in [2.75, 3.05) is 13.1 Å². The predicted octanol–water partition coefficient (Wildman–Crippen LogP) is 1.41. The highest BCUT2D eigenvalue weighted by atomic mass is 32.2. The number of hydrogen-bond donors (Lipinski definition) is 1. The van der Waals surface area contributed by atoms with Gasteiger partial charge in [0.25, 0.3) is 0 Å². The van der Waals surface area contributed by atoms with Crippen molar-refractivity contribution in [1.29, 1.82) is 0 Å². The first kappa shape index (κ1) is 10.4. The van der Waals surface area contributed by atoms with E-state index in [9.17, 15) is 9.59 Å². The molecule has 0 aromatic carbocycles. The number of likely N-dealkylation sites (tertiary alicyclic amines) is 1. The smallest absolute Gasteiger partial charge is 0.407 e. The Balaban J connectivity index is 2.41. The molecule has 0 aromatic heterocycles. The quantitative estimate of drug-likeness (QED) is 0.700. The Bertz CT molecular complexity index is 219. The van der Waals surface area contributed by atoms with Gasteiger partial charge in [0.1, 0.15) is 0 Å². The summed E-state index contributed by atoms with van der Waals surface area (Å²) >= 11 is 1.25. The molecule has 1 aliphatic rings. The van der Waals surface area contributed by atoms with E-state index in [-0.39, 0.29) is 10.4 Å². The van der Waals surface area contributed by atoms with Crippen LogP contribution in [0.4, 0.5) is 4.79 Å². The second-order valence-electron chi connectivity index (χ2n) is 3.10. The number of nitrogens with zero attached hydrogens (tertiary/aromatic N) is 1. The predicted molar refractivity (Wildman–Crippen MR) is 50.9 cm³/mol. The maximum Gasteiger partial charge on any atom is 0.407 e. The zero-order valence-electron chi connectivity index (χ0n) is 7.52. The highest BCUT2D eigenvalue weighted by molar-refractivity contribution is 8.14. The Labute approximate surface area is 81.3 Å². The van der Waals surface area contributed by atoms with Gasteiger partial charge in [0.2, 0.25) is 0 Å². The van der Waals surface area contributed by atoms with Gasteiger partial charge in [0, 0.05) is 25.3 Å². The van der Waals surface area contributed by atoms with Gasteiger partial charge in [-0.25, -0.2) is 4.79 Å². The first-order chi connectivity index (χ1) is 6.09. The normalized spacial score (nSPS) is 22.8. The molecule has 0 radical (unpaired) electrons. The molecular weight excluding hydrogens is 190 g/mol. The summed E-state index contributed by atoms with van der Waals surface area (Å²) in [5.41, 5.74) is 0. The number of hydrogen-bond acceptors (Lipinski definition) is 3. The Kier molecular flexibility index (Phi) is 3.59. The first-order valence-corrected chi connectivity index (χ1v) is 5.12. The molecule has 1 N–H and O–H groups in total. The summed E-state index contributed by atoms with van der Waals surface area (Å²) in [5.74, 6) is 0. The standard InChI is InChI=1S/C8H13NO3S/c1-6(10)13-7-3-2-4-9(5-7)8(11)12/h7H,2-5H2,1H3,(H,11,12). The lowest BCUT2D eigenvalue weighted by atomic mass is 10.1. The summed E-state index contributed by atoms with van der Waals surface area (Å²) < 4.78 is 0. The summed E-state index contributed by atoms with van der Waals surface area (Å²) in [6.07, 6.45) is 0.916. The number of rotatable bonds is 1. The number of carboxylic acid groups (broad SMARTS) is 1. The van der Waals surface area contributed by atoms with E-state index >= 15 is 0 Å². The molecule has 74 valence electrons. The number of piperidine rings is 1. The van der Waals surface area contributed by atoms with Crippen molar-refractivity contribution in [3.05, 3.63) is 0 Å². The minimum absolute atomic E-state index is 0.0669. The molecule has 1 saturated heterocycles. The maximum absolute atomic E-state index is 10.8. The van der Waals surface area contributed by atoms with Gasteiger partial charge in [0.05, 0.1) is 0 Å². The average molecular weight is 203 g/mol. The van der Waals surface area contributed by atoms with E-state index in [1.54, 1.807) is 0 Å². The van der Waals surface area contributed by atoms with Crippen LogP contribution in [0.15, 0.2) is 0 Å². The van der Waals surface area contributed by atoms with E-state index in [0.717, 1.165) is 12.8 Å². The molecular formula is C8H13NO3S. The van der Waals surface area contributed by atoms with E-state index in [1.807, 2.05) is 0 Å². The number of carbonyl (C=O) groups is 2. The third kappa shape index (κ3) is 3.26. The molecule has 1 rings (SSSR count). The van der Waals surface area contributed by atoms with E-state index in [0.29, 0.717) is 13.1 Å². The third-order valence-corrected chi connectivity index (χ3v) is 3.03. The molecule has 13 heavy (non-hydrogen) atoms. The highest BCUT2D eigenvalue weighted by Crippen LogP contribution is 2.22. The van der Waals surface area contributed by atoms with Crippen LogP contribution < -0.4 is 0 Å². The average Bonchev–Trinajstić information content (AvgIpc) is 2.03. The lowest BCUT2D eigenvalue weighted by molar-refractivity contribution is -0.109. The summed E-state index contributed by atoms with van der Waals surface area (Å²) in [6.45, 7) is 2.61. The van der Waals surface area contributed by atoms with Crippen molar-refractivity contribution in [1.82, 2.24) is 4.90 Å². The molecule has 0 bridgehead atoms. The fourth-order valence-corrected chi connectivity index (χ4v) is 2.45. The van der Waals surface area contributed by atoms with Gasteiger partial charge in [-0.3, -0.25) is 4.79 Å². The molecule has 1 heterocycles. The first-order valence-electron chi connectivity index (χ1n) is 4.24. The number of carbonyl (C=O) groups excluding carboxylic acids is 1. The molecule has 1 fully saturated rings. The second kappa shape index (κ2) is 4.50. The maximum atomic E-state index is 10.8. The van der Waals surface area contributed by atoms with Crippen LogP contribution in [0.25, 0.3) is 0 Å². The van der Waals surface area contributed by atoms with E-state index in [4.69, 9.17) is 5.11 Å². The number of amides is 1. The molecule has 0 saturated carbocycles. The molecule has 1 unspecified atom stereocenters. The van der Waals surface area contributed by atoms with Crippen LogP contribution in [0.1, 0.15) is 19.8 Å². The molecule has 1 atom stereocenters. The summed E-state index contributed by atoms with van der Waals surface area (Å²) in [4.78, 5) is 22.8. The van der Waals surface area contributed by atoms with Gasteiger partial charge in [-0.05, 0) is 12.8 Å². The molecule has 5 heteroatoms. The zero-order chi connectivity index (χ0) is 9.84. The highest BCUT2D eigenvalue weighted by Gasteiger charge is 2.24. The Morgan fingerprint density at radius 3 is 2.77 bits per heavy atom. The Morgan fingerprint density at radius 1 is 1.54 bits per heavy atom. The topological polar surface area (TPSA) is 57.6 Å². The van der Waals surface area contributed by atoms with Crippen LogP contribution in [0.3, 0.4) is 0 Å². The van der Waals surface area contributed by atoms with Crippen molar-refractivity contribution in [2.24, 2.45) is 0 Å². The van der Waals surface area contributed by atoms with Crippen molar-refractivity contribution >= 4 is 23.0 Å². The van der Waals surface area contributed by atoms with Crippen molar-refractivity contribution in [2.45, 2.75) is 25.0 Å². The fraction of sp³-hybridized carbons (Fsp3) is 0.750. The summed E-state index contributed by atoms with van der Waals surface area (Å²) in [7, 11) is 0. The van der Waals surface area contributed by atoms with Crippen LogP contribution in [0.5, 0.6) is 0 Å². The second-order valence-corrected chi connectivity index (χ2v) is 4.58. The van der Waals surface area contributed by atoms with Crippen molar-refractivity contribution in [3.8, 4) is 0 Å². The van der Waals surface area contributed by atoms with Crippen LogP contribution in [0, 0.1) is 0 Å². The van der Waals surface area contributed by atoms with E-state index in [2.05, 4.69) is 0 Å². The van der Waals surface area contributed by atoms with E-state index < -0.39 is 6.09 Å². The Morgan fingerprint density at radius 2 is 2.23 bits per heavy atom. The van der Waals surface area contributed by atoms with Gasteiger partial charge in [0.15, 0.2) is 5.12 Å². The van der Waals surface area contributed by atoms with Crippen LogP contribution in [-0.2, 0) is 4.79 Å². The van der Waals surface area contributed by atoms with Gasteiger partial charge in [-0.1, -0.05) is 11.8 Å². The fourth-order valence-electron chi connectivity index (χ4n) is 1.44. The van der Waals surface area contributed by atoms with Crippen LogP contribution in [-0.4, -0.2) is 39.6 Å². The third-order valence-electron chi connectivity index (χ3n) is 1.98. The van der Waals surface area contributed by atoms with Crippen LogP contribution in [0.2, 0.25) is 0 Å². The summed E-state index contributed by atoms with van der Waals surface area (Å²) in [6, 6.07) is 0. The van der Waals surface area contributed by atoms with Crippen molar-refractivity contribution < 1.29 is 14.7 Å². The molecule has 0 aliphatic carbocycles. The monoisotopic (exact) mass is 203 g/mol. The molecule has 4 nitrogen and oxygen atoms in total. The lowest BCUT2D eigenvalue weighted by Crippen LogP contribution is -2.40. The van der Waals surface area contributed by atoms with Gasteiger partial charge in [-0.15, -0.1) is 0 Å². The summed E-state index contributed by atoms with van der Waals surface area (Å²) in [5, 5.41) is 8.94. The van der Waals surface area contributed by atoms with Gasteiger partial charge < -0.3 is 10.0 Å². The Hall–Kier alpha value is -0.710. The minimum Gasteiger partial charge on any atom is -0.465 e. The lowest BCUT2D eigenvalue weighted by Gasteiger charge is -2.29. The van der Waals surface area contributed by atoms with E-state index in [1.165, 1.54) is 23.6 Å². The van der Waals surface area contributed by atoms with Gasteiger partial charge in [-0.2, -0.15) is 0 Å².